The summed E-state index contributed by atoms with van der Waals surface area (Å²) < 4.78 is 14.3. The zero-order valence-electron chi connectivity index (χ0n) is 15.2. The van der Waals surface area contributed by atoms with Crippen molar-refractivity contribution in [3.8, 4) is 22.3 Å². The lowest BCUT2D eigenvalue weighted by atomic mass is 10.0. The molecule has 1 aromatic carbocycles. The molecule has 138 valence electrons. The molecule has 0 atom stereocenters. The van der Waals surface area contributed by atoms with Gasteiger partial charge in [-0.05, 0) is 49.2 Å². The fourth-order valence-electron chi connectivity index (χ4n) is 3.63. The average Bonchev–Trinajstić information content (AvgIpc) is 2.70. The maximum absolute atomic E-state index is 14.3. The minimum atomic E-state index is -0.529. The second-order valence-electron chi connectivity index (χ2n) is 7.06. The molecule has 5 heteroatoms. The molecule has 0 aliphatic carbocycles. The van der Waals surface area contributed by atoms with Gasteiger partial charge in [0.25, 0.3) is 0 Å². The first kappa shape index (κ1) is 17.6. The number of likely N-dealkylation sites (tertiary alicyclic amines) is 1. The highest BCUT2D eigenvalue weighted by molar-refractivity contribution is 5.78. The highest BCUT2D eigenvalue weighted by Gasteiger charge is 2.13. The first-order valence-electron chi connectivity index (χ1n) is 9.38. The van der Waals surface area contributed by atoms with Crippen LogP contribution in [0.4, 0.5) is 10.1 Å². The molecule has 1 aliphatic rings. The number of nitrogen functional groups attached to an aromatic ring is 1. The molecule has 27 heavy (non-hydrogen) atoms. The van der Waals surface area contributed by atoms with Crippen molar-refractivity contribution in [1.82, 2.24) is 14.9 Å². The van der Waals surface area contributed by atoms with Gasteiger partial charge in [0, 0.05) is 35.6 Å². The Hall–Kier alpha value is -2.79. The Balaban J connectivity index is 1.58. The minimum absolute atomic E-state index is 0.393. The molecule has 1 fully saturated rings. The summed E-state index contributed by atoms with van der Waals surface area (Å²) in [6.45, 7) is 3.35. The van der Waals surface area contributed by atoms with Crippen LogP contribution in [0, 0.1) is 5.95 Å². The molecule has 3 heterocycles. The SMILES string of the molecule is Nc1cnccc1-c1cc(-c2ccc(CN3CCCCC3)cc2)cnc1F. The first-order valence-corrected chi connectivity index (χ1v) is 9.38. The second kappa shape index (κ2) is 7.84. The largest absolute Gasteiger partial charge is 0.397 e. The highest BCUT2D eigenvalue weighted by atomic mass is 19.1. The Morgan fingerprint density at radius 3 is 2.44 bits per heavy atom. The van der Waals surface area contributed by atoms with Crippen molar-refractivity contribution in [3.05, 3.63) is 66.5 Å². The van der Waals surface area contributed by atoms with Gasteiger partial charge in [-0.1, -0.05) is 30.7 Å². The number of anilines is 1. The smallest absolute Gasteiger partial charge is 0.220 e. The van der Waals surface area contributed by atoms with Gasteiger partial charge in [-0.3, -0.25) is 9.88 Å². The Morgan fingerprint density at radius 2 is 1.70 bits per heavy atom. The number of hydrogen-bond donors (Lipinski definition) is 1. The van der Waals surface area contributed by atoms with E-state index in [1.807, 2.05) is 0 Å². The number of nitrogens with zero attached hydrogens (tertiary/aromatic N) is 3. The molecule has 2 N–H and O–H groups in total. The number of piperidine rings is 1. The van der Waals surface area contributed by atoms with Gasteiger partial charge < -0.3 is 5.73 Å². The van der Waals surface area contributed by atoms with E-state index in [2.05, 4.69) is 39.1 Å². The molecule has 0 spiro atoms. The Kier molecular flexibility index (Phi) is 5.12. The van der Waals surface area contributed by atoms with E-state index >= 15 is 0 Å². The summed E-state index contributed by atoms with van der Waals surface area (Å²) in [4.78, 5) is 10.4. The standard InChI is InChI=1S/C22H23FN4/c23-22-20(19-8-9-25-14-21(19)24)12-18(13-26-22)17-6-4-16(5-7-17)15-27-10-2-1-3-11-27/h4-9,12-14H,1-3,10-11,15,24H2. The van der Waals surface area contributed by atoms with Crippen molar-refractivity contribution in [2.24, 2.45) is 0 Å². The van der Waals surface area contributed by atoms with Gasteiger partial charge in [-0.2, -0.15) is 4.39 Å². The van der Waals surface area contributed by atoms with Crippen LogP contribution >= 0.6 is 0 Å². The van der Waals surface area contributed by atoms with Crippen molar-refractivity contribution < 1.29 is 4.39 Å². The molecule has 0 bridgehead atoms. The molecule has 4 rings (SSSR count). The monoisotopic (exact) mass is 362 g/mol. The summed E-state index contributed by atoms with van der Waals surface area (Å²) in [5.41, 5.74) is 10.6. The number of rotatable bonds is 4. The van der Waals surface area contributed by atoms with Gasteiger partial charge in [0.2, 0.25) is 5.95 Å². The maximum atomic E-state index is 14.3. The van der Waals surface area contributed by atoms with Crippen LogP contribution < -0.4 is 5.73 Å². The van der Waals surface area contributed by atoms with Gasteiger partial charge >= 0.3 is 0 Å². The zero-order chi connectivity index (χ0) is 18.6. The Labute approximate surface area is 158 Å². The molecule has 3 aromatic rings. The quantitative estimate of drug-likeness (QED) is 0.694. The number of benzene rings is 1. The van der Waals surface area contributed by atoms with Crippen molar-refractivity contribution in [2.75, 3.05) is 18.8 Å². The number of hydrogen-bond acceptors (Lipinski definition) is 4. The second-order valence-corrected chi connectivity index (χ2v) is 7.06. The summed E-state index contributed by atoms with van der Waals surface area (Å²) in [7, 11) is 0. The third-order valence-corrected chi connectivity index (χ3v) is 5.12. The van der Waals surface area contributed by atoms with E-state index in [1.165, 1.54) is 44.1 Å². The summed E-state index contributed by atoms with van der Waals surface area (Å²) in [5, 5.41) is 0. The minimum Gasteiger partial charge on any atom is -0.397 e. The zero-order valence-corrected chi connectivity index (χ0v) is 15.2. The van der Waals surface area contributed by atoms with Crippen LogP contribution in [0.15, 0.2) is 55.0 Å². The molecular weight excluding hydrogens is 339 g/mol. The van der Waals surface area contributed by atoms with Crippen LogP contribution in [0.1, 0.15) is 24.8 Å². The van der Waals surface area contributed by atoms with E-state index < -0.39 is 5.95 Å². The Bertz CT molecular complexity index is 918. The normalized spacial score (nSPS) is 15.0. The van der Waals surface area contributed by atoms with Crippen molar-refractivity contribution in [1.29, 1.82) is 0 Å². The molecule has 2 aromatic heterocycles. The van der Waals surface area contributed by atoms with E-state index in [0.717, 1.165) is 17.7 Å². The predicted molar refractivity (Wildman–Crippen MR) is 106 cm³/mol. The van der Waals surface area contributed by atoms with Gasteiger partial charge in [0.15, 0.2) is 0 Å². The Morgan fingerprint density at radius 1 is 0.926 bits per heavy atom. The van der Waals surface area contributed by atoms with E-state index in [4.69, 9.17) is 5.73 Å². The summed E-state index contributed by atoms with van der Waals surface area (Å²) in [6, 6.07) is 12.0. The van der Waals surface area contributed by atoms with Crippen LogP contribution in [-0.2, 0) is 6.54 Å². The number of halogens is 1. The van der Waals surface area contributed by atoms with Crippen LogP contribution in [0.2, 0.25) is 0 Å². The van der Waals surface area contributed by atoms with Gasteiger partial charge in [0.05, 0.1) is 11.9 Å². The lowest BCUT2D eigenvalue weighted by Gasteiger charge is -2.26. The van der Waals surface area contributed by atoms with Crippen molar-refractivity contribution in [2.45, 2.75) is 25.8 Å². The van der Waals surface area contributed by atoms with Crippen LogP contribution in [0.25, 0.3) is 22.3 Å². The third kappa shape index (κ3) is 3.98. The predicted octanol–water partition coefficient (Wildman–Crippen LogP) is 4.52. The third-order valence-electron chi connectivity index (χ3n) is 5.12. The molecule has 1 aliphatic heterocycles. The number of aromatic nitrogens is 2. The molecule has 1 saturated heterocycles. The fourth-order valence-corrected chi connectivity index (χ4v) is 3.63. The van der Waals surface area contributed by atoms with E-state index in [1.54, 1.807) is 24.5 Å². The summed E-state index contributed by atoms with van der Waals surface area (Å²) >= 11 is 0. The first-order chi connectivity index (χ1) is 13.2. The fraction of sp³-hybridized carbons (Fsp3) is 0.273. The lowest BCUT2D eigenvalue weighted by molar-refractivity contribution is 0.221. The topological polar surface area (TPSA) is 55.0 Å². The van der Waals surface area contributed by atoms with Gasteiger partial charge in [-0.15, -0.1) is 0 Å². The molecule has 0 unspecified atom stereocenters. The molecule has 4 nitrogen and oxygen atoms in total. The number of pyridine rings is 2. The van der Waals surface area contributed by atoms with Crippen molar-refractivity contribution >= 4 is 5.69 Å². The van der Waals surface area contributed by atoms with Crippen LogP contribution in [-0.4, -0.2) is 28.0 Å². The average molecular weight is 362 g/mol. The van der Waals surface area contributed by atoms with E-state index in [9.17, 15) is 4.39 Å². The van der Waals surface area contributed by atoms with Crippen molar-refractivity contribution in [3.63, 3.8) is 0 Å². The van der Waals surface area contributed by atoms with Gasteiger partial charge in [0.1, 0.15) is 0 Å². The van der Waals surface area contributed by atoms with Crippen LogP contribution in [0.5, 0.6) is 0 Å². The summed E-state index contributed by atoms with van der Waals surface area (Å²) in [6.07, 6.45) is 8.62. The highest BCUT2D eigenvalue weighted by Crippen LogP contribution is 2.30. The maximum Gasteiger partial charge on any atom is 0.220 e. The number of nitrogens with two attached hydrogens (primary N) is 1. The molecule has 0 radical (unpaired) electrons. The summed E-state index contributed by atoms with van der Waals surface area (Å²) in [5.74, 6) is -0.529. The molecule has 0 saturated carbocycles. The van der Waals surface area contributed by atoms with Crippen LogP contribution in [0.3, 0.4) is 0 Å². The molecular formula is C22H23FN4. The van der Waals surface area contributed by atoms with E-state index in [0.29, 0.717) is 16.8 Å². The lowest BCUT2D eigenvalue weighted by Crippen LogP contribution is -2.28. The van der Waals surface area contributed by atoms with E-state index in [-0.39, 0.29) is 0 Å². The van der Waals surface area contributed by atoms with Gasteiger partial charge in [-0.25, -0.2) is 4.98 Å². The molecule has 0 amide bonds.